The van der Waals surface area contributed by atoms with Gasteiger partial charge < -0.3 is 9.88 Å². The Kier molecular flexibility index (Phi) is 4.77. The Balaban J connectivity index is 1.96. The van der Waals surface area contributed by atoms with Gasteiger partial charge in [0.15, 0.2) is 0 Å². The van der Waals surface area contributed by atoms with E-state index in [-0.39, 0.29) is 5.91 Å². The maximum atomic E-state index is 12.6. The first-order chi connectivity index (χ1) is 13.5. The molecule has 1 aromatic carbocycles. The molecule has 148 valence electrons. The van der Waals surface area contributed by atoms with Crippen molar-refractivity contribution in [1.29, 1.82) is 0 Å². The van der Waals surface area contributed by atoms with Crippen molar-refractivity contribution >= 4 is 22.5 Å². The van der Waals surface area contributed by atoms with Crippen LogP contribution in [0.25, 0.3) is 22.3 Å². The topological polar surface area (TPSA) is 64.8 Å². The van der Waals surface area contributed by atoms with Gasteiger partial charge in [0.1, 0.15) is 5.69 Å². The van der Waals surface area contributed by atoms with Crippen LogP contribution >= 0.6 is 0 Å². The molecule has 1 aliphatic carbocycles. The SMILES string of the molecule is CCC(=O)N(CC)c1cc2[nH]c3c(c2cc1C(C)C)CCCc1c-3n[nH]c1C. The zero-order valence-electron chi connectivity index (χ0n) is 17.6. The molecule has 1 aliphatic rings. The molecule has 0 saturated heterocycles. The van der Waals surface area contributed by atoms with Gasteiger partial charge in [-0.1, -0.05) is 20.8 Å². The fourth-order valence-corrected chi connectivity index (χ4v) is 4.54. The van der Waals surface area contributed by atoms with Crippen LogP contribution < -0.4 is 4.90 Å². The lowest BCUT2D eigenvalue weighted by molar-refractivity contribution is -0.118. The quantitative estimate of drug-likeness (QED) is 0.652. The Hall–Kier alpha value is -2.56. The van der Waals surface area contributed by atoms with Gasteiger partial charge in [0, 0.05) is 40.8 Å². The third-order valence-electron chi connectivity index (χ3n) is 6.05. The molecule has 3 aromatic rings. The number of carbonyl (C=O) groups is 1. The van der Waals surface area contributed by atoms with E-state index in [1.54, 1.807) is 0 Å². The molecule has 0 unspecified atom stereocenters. The highest BCUT2D eigenvalue weighted by Crippen LogP contribution is 2.40. The predicted molar refractivity (Wildman–Crippen MR) is 115 cm³/mol. The average molecular weight is 379 g/mol. The molecule has 0 aliphatic heterocycles. The number of aromatic amines is 2. The lowest BCUT2D eigenvalue weighted by Gasteiger charge is -2.25. The standard InChI is InChI=1S/C23H30N4O/c1-6-21(28)27(7-2)20-12-19-18(11-17(20)13(3)4)16-10-8-9-15-14(5)25-26-23(15)22(16)24-19/h11-13,24H,6-10H2,1-5H3,(H,25,26). The van der Waals surface area contributed by atoms with Crippen molar-refractivity contribution in [2.75, 3.05) is 11.4 Å². The largest absolute Gasteiger partial charge is 0.353 e. The van der Waals surface area contributed by atoms with E-state index in [1.807, 2.05) is 18.7 Å². The Morgan fingerprint density at radius 2 is 1.96 bits per heavy atom. The number of amides is 1. The number of anilines is 1. The summed E-state index contributed by atoms with van der Waals surface area (Å²) in [4.78, 5) is 18.1. The predicted octanol–water partition coefficient (Wildman–Crippen LogP) is 5.24. The lowest BCUT2D eigenvalue weighted by Crippen LogP contribution is -2.30. The fraction of sp³-hybridized carbons (Fsp3) is 0.478. The van der Waals surface area contributed by atoms with E-state index in [0.717, 1.165) is 47.5 Å². The molecule has 0 atom stereocenters. The van der Waals surface area contributed by atoms with E-state index >= 15 is 0 Å². The van der Waals surface area contributed by atoms with Gasteiger partial charge in [0.25, 0.3) is 0 Å². The normalized spacial score (nSPS) is 13.5. The zero-order valence-corrected chi connectivity index (χ0v) is 17.6. The van der Waals surface area contributed by atoms with Crippen LogP contribution in [-0.2, 0) is 17.6 Å². The number of fused-ring (bicyclic) bond motifs is 5. The van der Waals surface area contributed by atoms with Gasteiger partial charge in [0.2, 0.25) is 5.91 Å². The molecular weight excluding hydrogens is 348 g/mol. The summed E-state index contributed by atoms with van der Waals surface area (Å²) in [6.07, 6.45) is 3.75. The molecule has 0 spiro atoms. The summed E-state index contributed by atoms with van der Waals surface area (Å²) in [5.74, 6) is 0.514. The fourth-order valence-electron chi connectivity index (χ4n) is 4.54. The van der Waals surface area contributed by atoms with Crippen LogP contribution in [-0.4, -0.2) is 27.6 Å². The molecule has 0 fully saturated rings. The highest BCUT2D eigenvalue weighted by molar-refractivity contribution is 5.99. The minimum Gasteiger partial charge on any atom is -0.353 e. The number of rotatable bonds is 4. The molecule has 28 heavy (non-hydrogen) atoms. The van der Waals surface area contributed by atoms with Crippen LogP contribution in [0.3, 0.4) is 0 Å². The molecule has 2 aromatic heterocycles. The smallest absolute Gasteiger partial charge is 0.226 e. The second-order valence-corrected chi connectivity index (χ2v) is 8.11. The number of H-pyrrole nitrogens is 2. The number of nitrogens with one attached hydrogen (secondary N) is 2. The number of benzene rings is 1. The molecule has 5 nitrogen and oxygen atoms in total. The van der Waals surface area contributed by atoms with Crippen molar-refractivity contribution in [3.8, 4) is 11.4 Å². The minimum atomic E-state index is 0.169. The van der Waals surface area contributed by atoms with E-state index in [4.69, 9.17) is 0 Å². The van der Waals surface area contributed by atoms with Crippen molar-refractivity contribution < 1.29 is 4.79 Å². The van der Waals surface area contributed by atoms with Gasteiger partial charge >= 0.3 is 0 Å². The zero-order chi connectivity index (χ0) is 20.0. The van der Waals surface area contributed by atoms with Crippen LogP contribution in [0.1, 0.15) is 68.8 Å². The summed E-state index contributed by atoms with van der Waals surface area (Å²) in [6, 6.07) is 4.48. The number of aromatic nitrogens is 3. The molecule has 2 N–H and O–H groups in total. The van der Waals surface area contributed by atoms with Gasteiger partial charge in [-0.15, -0.1) is 0 Å². The number of carbonyl (C=O) groups excluding carboxylic acids is 1. The second kappa shape index (κ2) is 7.12. The highest BCUT2D eigenvalue weighted by atomic mass is 16.2. The average Bonchev–Trinajstić information content (AvgIpc) is 3.15. The number of aryl methyl sites for hydroxylation is 2. The molecule has 0 radical (unpaired) electrons. The highest BCUT2D eigenvalue weighted by Gasteiger charge is 2.25. The lowest BCUT2D eigenvalue weighted by atomic mass is 9.96. The van der Waals surface area contributed by atoms with Crippen LogP contribution in [0.5, 0.6) is 0 Å². The monoisotopic (exact) mass is 378 g/mol. The van der Waals surface area contributed by atoms with Crippen LogP contribution in [0.4, 0.5) is 5.69 Å². The molecule has 0 bridgehead atoms. The first-order valence-electron chi connectivity index (χ1n) is 10.5. The summed E-state index contributed by atoms with van der Waals surface area (Å²) < 4.78 is 0. The number of hydrogen-bond donors (Lipinski definition) is 2. The summed E-state index contributed by atoms with van der Waals surface area (Å²) in [5, 5.41) is 9.04. The van der Waals surface area contributed by atoms with Gasteiger partial charge in [-0.3, -0.25) is 9.89 Å². The van der Waals surface area contributed by atoms with Crippen molar-refractivity contribution in [1.82, 2.24) is 15.2 Å². The molecule has 2 heterocycles. The Morgan fingerprint density at radius 3 is 2.64 bits per heavy atom. The maximum absolute atomic E-state index is 12.6. The Bertz CT molecular complexity index is 1040. The molecular formula is C23H30N4O. The van der Waals surface area contributed by atoms with Crippen LogP contribution in [0.2, 0.25) is 0 Å². The molecule has 5 heteroatoms. The summed E-state index contributed by atoms with van der Waals surface area (Å²) in [5.41, 5.74) is 9.42. The molecule has 0 saturated carbocycles. The van der Waals surface area contributed by atoms with Crippen LogP contribution in [0, 0.1) is 6.92 Å². The van der Waals surface area contributed by atoms with E-state index in [0.29, 0.717) is 18.9 Å². The van der Waals surface area contributed by atoms with Gasteiger partial charge in [0.05, 0.1) is 5.69 Å². The summed E-state index contributed by atoms with van der Waals surface area (Å²) >= 11 is 0. The number of hydrogen-bond acceptors (Lipinski definition) is 2. The van der Waals surface area contributed by atoms with Crippen LogP contribution in [0.15, 0.2) is 12.1 Å². The maximum Gasteiger partial charge on any atom is 0.226 e. The van der Waals surface area contributed by atoms with E-state index in [1.165, 1.54) is 22.1 Å². The van der Waals surface area contributed by atoms with Crippen molar-refractivity contribution in [3.05, 3.63) is 34.5 Å². The van der Waals surface area contributed by atoms with Gasteiger partial charge in [-0.05, 0) is 62.3 Å². The number of nitrogens with zero attached hydrogens (tertiary/aromatic N) is 2. The minimum absolute atomic E-state index is 0.169. The molecule has 1 amide bonds. The third-order valence-corrected chi connectivity index (χ3v) is 6.05. The summed E-state index contributed by atoms with van der Waals surface area (Å²) in [7, 11) is 0. The Morgan fingerprint density at radius 1 is 1.21 bits per heavy atom. The van der Waals surface area contributed by atoms with Crippen molar-refractivity contribution in [3.63, 3.8) is 0 Å². The van der Waals surface area contributed by atoms with E-state index in [9.17, 15) is 4.79 Å². The second-order valence-electron chi connectivity index (χ2n) is 8.11. The van der Waals surface area contributed by atoms with Gasteiger partial charge in [-0.25, -0.2) is 0 Å². The first kappa shape index (κ1) is 18.8. The third kappa shape index (κ3) is 2.84. The van der Waals surface area contributed by atoms with Gasteiger partial charge in [-0.2, -0.15) is 5.10 Å². The Labute approximate surface area is 166 Å². The summed E-state index contributed by atoms with van der Waals surface area (Å²) in [6.45, 7) is 11.2. The van der Waals surface area contributed by atoms with E-state index in [2.05, 4.69) is 48.1 Å². The van der Waals surface area contributed by atoms with Crippen molar-refractivity contribution in [2.24, 2.45) is 0 Å². The van der Waals surface area contributed by atoms with Crippen molar-refractivity contribution in [2.45, 2.75) is 66.2 Å². The van der Waals surface area contributed by atoms with E-state index < -0.39 is 0 Å². The first-order valence-corrected chi connectivity index (χ1v) is 10.5. The molecule has 4 rings (SSSR count).